The molecule has 0 unspecified atom stereocenters. The Balaban J connectivity index is 1.71. The SMILES string of the molecule is Cc1cccc(C(=O)N2CCN=C2SCc2cc(C)ccc2C)c1. The molecule has 1 aliphatic heterocycles. The van der Waals surface area contributed by atoms with Crippen molar-refractivity contribution in [2.75, 3.05) is 13.1 Å². The molecule has 0 atom stereocenters. The monoisotopic (exact) mass is 338 g/mol. The summed E-state index contributed by atoms with van der Waals surface area (Å²) in [6.07, 6.45) is 0. The van der Waals surface area contributed by atoms with Crippen molar-refractivity contribution in [3.8, 4) is 0 Å². The summed E-state index contributed by atoms with van der Waals surface area (Å²) in [4.78, 5) is 19.1. The van der Waals surface area contributed by atoms with Gasteiger partial charge in [0, 0.05) is 17.9 Å². The highest BCUT2D eigenvalue weighted by Crippen LogP contribution is 2.23. The molecule has 0 N–H and O–H groups in total. The average Bonchev–Trinajstić information content (AvgIpc) is 3.03. The molecule has 124 valence electrons. The molecule has 0 aromatic heterocycles. The van der Waals surface area contributed by atoms with Crippen LogP contribution in [0.25, 0.3) is 0 Å². The number of nitrogens with zero attached hydrogens (tertiary/aromatic N) is 2. The lowest BCUT2D eigenvalue weighted by atomic mass is 10.1. The van der Waals surface area contributed by atoms with Gasteiger partial charge >= 0.3 is 0 Å². The molecule has 1 amide bonds. The Labute approximate surface area is 147 Å². The summed E-state index contributed by atoms with van der Waals surface area (Å²) < 4.78 is 0. The van der Waals surface area contributed by atoms with Gasteiger partial charge in [0.05, 0.1) is 6.54 Å². The molecular formula is C20H22N2OS. The first-order valence-electron chi connectivity index (χ1n) is 8.16. The highest BCUT2D eigenvalue weighted by molar-refractivity contribution is 8.13. The molecule has 0 spiro atoms. The maximum atomic E-state index is 12.8. The summed E-state index contributed by atoms with van der Waals surface area (Å²) >= 11 is 1.65. The summed E-state index contributed by atoms with van der Waals surface area (Å²) in [7, 11) is 0. The van der Waals surface area contributed by atoms with Crippen LogP contribution in [0.3, 0.4) is 0 Å². The summed E-state index contributed by atoms with van der Waals surface area (Å²) in [6.45, 7) is 7.59. The number of amides is 1. The lowest BCUT2D eigenvalue weighted by Crippen LogP contribution is -2.32. The van der Waals surface area contributed by atoms with E-state index in [0.29, 0.717) is 13.1 Å². The predicted octanol–water partition coefficient (Wildman–Crippen LogP) is 4.36. The van der Waals surface area contributed by atoms with Crippen LogP contribution in [0.4, 0.5) is 0 Å². The molecule has 0 saturated heterocycles. The number of hydrogen-bond donors (Lipinski definition) is 0. The van der Waals surface area contributed by atoms with Crippen LogP contribution in [-0.2, 0) is 5.75 Å². The van der Waals surface area contributed by atoms with Gasteiger partial charge in [-0.25, -0.2) is 0 Å². The second-order valence-corrected chi connectivity index (χ2v) is 7.15. The van der Waals surface area contributed by atoms with Gasteiger partial charge in [0.15, 0.2) is 5.17 Å². The Morgan fingerprint density at radius 1 is 1.12 bits per heavy atom. The molecule has 1 heterocycles. The smallest absolute Gasteiger partial charge is 0.259 e. The predicted molar refractivity (Wildman–Crippen MR) is 102 cm³/mol. The molecule has 4 heteroatoms. The van der Waals surface area contributed by atoms with Crippen molar-refractivity contribution >= 4 is 22.8 Å². The molecule has 1 aliphatic rings. The average molecular weight is 338 g/mol. The van der Waals surface area contributed by atoms with Crippen molar-refractivity contribution in [1.82, 2.24) is 4.90 Å². The van der Waals surface area contributed by atoms with Gasteiger partial charge in [-0.3, -0.25) is 14.7 Å². The lowest BCUT2D eigenvalue weighted by Gasteiger charge is -2.18. The largest absolute Gasteiger partial charge is 0.286 e. The van der Waals surface area contributed by atoms with Gasteiger partial charge in [0.1, 0.15) is 0 Å². The van der Waals surface area contributed by atoms with Gasteiger partial charge in [-0.05, 0) is 44.0 Å². The fraction of sp³-hybridized carbons (Fsp3) is 0.300. The van der Waals surface area contributed by atoms with Crippen LogP contribution in [0.15, 0.2) is 47.5 Å². The van der Waals surface area contributed by atoms with Crippen LogP contribution >= 0.6 is 11.8 Å². The van der Waals surface area contributed by atoms with Crippen LogP contribution < -0.4 is 0 Å². The molecular weight excluding hydrogens is 316 g/mol. The highest BCUT2D eigenvalue weighted by atomic mass is 32.2. The lowest BCUT2D eigenvalue weighted by molar-refractivity contribution is 0.0860. The van der Waals surface area contributed by atoms with Crippen LogP contribution in [0.2, 0.25) is 0 Å². The van der Waals surface area contributed by atoms with Crippen molar-refractivity contribution in [1.29, 1.82) is 0 Å². The number of carbonyl (C=O) groups is 1. The maximum absolute atomic E-state index is 12.8. The van der Waals surface area contributed by atoms with Crippen molar-refractivity contribution < 1.29 is 4.79 Å². The van der Waals surface area contributed by atoms with E-state index in [4.69, 9.17) is 0 Å². The summed E-state index contributed by atoms with van der Waals surface area (Å²) in [6, 6.07) is 14.2. The van der Waals surface area contributed by atoms with Crippen molar-refractivity contribution in [3.63, 3.8) is 0 Å². The van der Waals surface area contributed by atoms with E-state index in [0.717, 1.165) is 22.0 Å². The number of amidine groups is 1. The van der Waals surface area contributed by atoms with E-state index in [1.165, 1.54) is 16.7 Å². The molecule has 0 aliphatic carbocycles. The van der Waals surface area contributed by atoms with E-state index < -0.39 is 0 Å². The van der Waals surface area contributed by atoms with Gasteiger partial charge in [-0.2, -0.15) is 0 Å². The second-order valence-electron chi connectivity index (χ2n) is 6.21. The first-order valence-corrected chi connectivity index (χ1v) is 9.15. The Morgan fingerprint density at radius 3 is 2.71 bits per heavy atom. The second kappa shape index (κ2) is 7.22. The van der Waals surface area contributed by atoms with Gasteiger partial charge in [-0.15, -0.1) is 0 Å². The topological polar surface area (TPSA) is 32.7 Å². The first kappa shape index (κ1) is 16.8. The number of rotatable bonds is 3. The molecule has 0 saturated carbocycles. The van der Waals surface area contributed by atoms with Gasteiger partial charge in [-0.1, -0.05) is 53.2 Å². The Morgan fingerprint density at radius 2 is 1.92 bits per heavy atom. The Bertz CT molecular complexity index is 798. The van der Waals surface area contributed by atoms with Crippen LogP contribution in [0, 0.1) is 20.8 Å². The molecule has 0 fully saturated rings. The Kier molecular flexibility index (Phi) is 5.05. The van der Waals surface area contributed by atoms with E-state index in [1.54, 1.807) is 11.8 Å². The van der Waals surface area contributed by atoms with Crippen LogP contribution in [0.1, 0.15) is 32.6 Å². The Hall–Kier alpha value is -2.07. The van der Waals surface area contributed by atoms with E-state index >= 15 is 0 Å². The minimum absolute atomic E-state index is 0.0448. The third-order valence-corrected chi connectivity index (χ3v) is 5.24. The third kappa shape index (κ3) is 3.70. The molecule has 24 heavy (non-hydrogen) atoms. The zero-order valence-electron chi connectivity index (χ0n) is 14.4. The number of hydrogen-bond acceptors (Lipinski definition) is 3. The van der Waals surface area contributed by atoms with Crippen molar-refractivity contribution in [2.45, 2.75) is 26.5 Å². The maximum Gasteiger partial charge on any atom is 0.259 e. The normalized spacial score (nSPS) is 14.0. The quantitative estimate of drug-likeness (QED) is 0.833. The summed E-state index contributed by atoms with van der Waals surface area (Å²) in [5.41, 5.74) is 5.68. The molecule has 2 aromatic rings. The van der Waals surface area contributed by atoms with E-state index in [1.807, 2.05) is 36.1 Å². The zero-order valence-corrected chi connectivity index (χ0v) is 15.2. The number of benzene rings is 2. The minimum atomic E-state index is 0.0448. The standard InChI is InChI=1S/C20H22N2OS/c1-14-5-4-6-17(11-14)19(23)22-10-9-21-20(22)24-13-18-12-15(2)7-8-16(18)3/h4-8,11-12H,9-10,13H2,1-3H3. The van der Waals surface area contributed by atoms with Crippen molar-refractivity contribution in [2.24, 2.45) is 4.99 Å². The number of aryl methyl sites for hydroxylation is 3. The van der Waals surface area contributed by atoms with E-state index in [-0.39, 0.29) is 5.91 Å². The summed E-state index contributed by atoms with van der Waals surface area (Å²) in [5.74, 6) is 0.882. The van der Waals surface area contributed by atoms with Gasteiger partial charge in [0.25, 0.3) is 5.91 Å². The fourth-order valence-electron chi connectivity index (χ4n) is 2.77. The number of carbonyl (C=O) groups excluding carboxylic acids is 1. The molecule has 0 bridgehead atoms. The van der Waals surface area contributed by atoms with Crippen LogP contribution in [0.5, 0.6) is 0 Å². The zero-order chi connectivity index (χ0) is 17.1. The third-order valence-electron chi connectivity index (χ3n) is 4.17. The molecule has 3 nitrogen and oxygen atoms in total. The fourth-order valence-corrected chi connectivity index (χ4v) is 3.88. The highest BCUT2D eigenvalue weighted by Gasteiger charge is 2.25. The van der Waals surface area contributed by atoms with E-state index in [9.17, 15) is 4.79 Å². The number of aliphatic imine (C=N–C) groups is 1. The van der Waals surface area contributed by atoms with Gasteiger partial charge in [0.2, 0.25) is 0 Å². The molecule has 2 aromatic carbocycles. The van der Waals surface area contributed by atoms with Gasteiger partial charge < -0.3 is 0 Å². The van der Waals surface area contributed by atoms with E-state index in [2.05, 4.69) is 37.0 Å². The molecule has 3 rings (SSSR count). The first-order chi connectivity index (χ1) is 11.5. The minimum Gasteiger partial charge on any atom is -0.286 e. The van der Waals surface area contributed by atoms with Crippen molar-refractivity contribution in [3.05, 3.63) is 70.3 Å². The number of thioether (sulfide) groups is 1. The van der Waals surface area contributed by atoms with Crippen LogP contribution in [-0.4, -0.2) is 29.1 Å². The summed E-state index contributed by atoms with van der Waals surface area (Å²) in [5, 5.41) is 0.836. The molecule has 0 radical (unpaired) electrons.